The van der Waals surface area contributed by atoms with Crippen molar-refractivity contribution in [3.63, 3.8) is 0 Å². The summed E-state index contributed by atoms with van der Waals surface area (Å²) in [4.78, 5) is 38.0. The third-order valence-corrected chi connectivity index (χ3v) is 4.80. The Morgan fingerprint density at radius 3 is 2.31 bits per heavy atom. The van der Waals surface area contributed by atoms with Crippen molar-refractivity contribution in [3.8, 4) is 0 Å². The lowest BCUT2D eigenvalue weighted by atomic mass is 10.0. The van der Waals surface area contributed by atoms with Crippen LogP contribution in [0.1, 0.15) is 53.6 Å². The molecule has 0 saturated carbocycles. The molecule has 0 spiro atoms. The largest absolute Gasteiger partial charge is 0.449 e. The molecule has 3 rings (SSSR count). The van der Waals surface area contributed by atoms with Crippen molar-refractivity contribution in [2.45, 2.75) is 46.3 Å². The number of aromatic nitrogens is 2. The van der Waals surface area contributed by atoms with Crippen LogP contribution in [0.15, 0.2) is 53.3 Å². The number of esters is 1. The number of fused-ring (bicyclic) bond motifs is 1. The van der Waals surface area contributed by atoms with Gasteiger partial charge in [-0.3, -0.25) is 9.59 Å². The van der Waals surface area contributed by atoms with Gasteiger partial charge < -0.3 is 4.74 Å². The van der Waals surface area contributed by atoms with Crippen LogP contribution in [0.4, 0.5) is 0 Å². The molecule has 0 radical (unpaired) electrons. The summed E-state index contributed by atoms with van der Waals surface area (Å²) in [5.74, 6) is -1.01. The zero-order valence-corrected chi connectivity index (χ0v) is 16.8. The van der Waals surface area contributed by atoms with E-state index in [9.17, 15) is 14.4 Å². The van der Waals surface area contributed by atoms with Gasteiger partial charge in [0.1, 0.15) is 0 Å². The Hall–Kier alpha value is -3.28. The maximum Gasteiger partial charge on any atom is 0.360 e. The fourth-order valence-corrected chi connectivity index (χ4v) is 3.16. The quantitative estimate of drug-likeness (QED) is 0.451. The SMILES string of the molecule is CCCn1nc(C(=O)OC(C)C(=O)c2ccc(CC)cc2)c2ccccc2c1=O. The predicted octanol–water partition coefficient (Wildman–Crippen LogP) is 3.80. The first-order valence-corrected chi connectivity index (χ1v) is 9.80. The summed E-state index contributed by atoms with van der Waals surface area (Å²) in [5.41, 5.74) is 1.39. The topological polar surface area (TPSA) is 78.3 Å². The highest BCUT2D eigenvalue weighted by atomic mass is 16.5. The lowest BCUT2D eigenvalue weighted by Crippen LogP contribution is -2.29. The van der Waals surface area contributed by atoms with Gasteiger partial charge in [-0.15, -0.1) is 0 Å². The fourth-order valence-electron chi connectivity index (χ4n) is 3.16. The van der Waals surface area contributed by atoms with E-state index in [2.05, 4.69) is 5.10 Å². The van der Waals surface area contributed by atoms with E-state index in [1.165, 1.54) is 11.6 Å². The van der Waals surface area contributed by atoms with Crippen LogP contribution in [0.5, 0.6) is 0 Å². The lowest BCUT2D eigenvalue weighted by Gasteiger charge is -2.14. The van der Waals surface area contributed by atoms with Crippen molar-refractivity contribution in [2.24, 2.45) is 0 Å². The minimum absolute atomic E-state index is 0.0367. The van der Waals surface area contributed by atoms with Crippen LogP contribution in [-0.4, -0.2) is 27.6 Å². The van der Waals surface area contributed by atoms with Gasteiger partial charge in [0.05, 0.1) is 5.39 Å². The van der Waals surface area contributed by atoms with Crippen molar-refractivity contribution >= 4 is 22.5 Å². The van der Waals surface area contributed by atoms with Gasteiger partial charge in [-0.2, -0.15) is 5.10 Å². The van der Waals surface area contributed by atoms with E-state index in [0.29, 0.717) is 29.3 Å². The van der Waals surface area contributed by atoms with Gasteiger partial charge in [0.15, 0.2) is 11.8 Å². The summed E-state index contributed by atoms with van der Waals surface area (Å²) in [6.45, 7) is 5.89. The molecule has 0 aliphatic carbocycles. The second-order valence-corrected chi connectivity index (χ2v) is 6.88. The first-order chi connectivity index (χ1) is 14.0. The Morgan fingerprint density at radius 1 is 1.03 bits per heavy atom. The van der Waals surface area contributed by atoms with Crippen LogP contribution in [0.25, 0.3) is 10.8 Å². The standard InChI is InChI=1S/C23H24N2O4/c1-4-14-25-22(27)19-9-7-6-8-18(19)20(24-25)23(28)29-15(3)21(26)17-12-10-16(5-2)11-13-17/h6-13,15H,4-5,14H2,1-3H3. The maximum atomic E-state index is 12.8. The summed E-state index contributed by atoms with van der Waals surface area (Å²) >= 11 is 0. The van der Waals surface area contributed by atoms with Crippen molar-refractivity contribution in [3.05, 3.63) is 75.7 Å². The Labute approximate surface area is 169 Å². The fraction of sp³-hybridized carbons (Fsp3) is 0.304. The van der Waals surface area contributed by atoms with E-state index in [0.717, 1.165) is 12.0 Å². The number of Topliss-reactive ketones (excluding diaryl/α,β-unsaturated/α-hetero) is 1. The molecule has 150 valence electrons. The molecule has 6 heteroatoms. The molecule has 0 amide bonds. The Kier molecular flexibility index (Phi) is 6.22. The number of nitrogens with zero attached hydrogens (tertiary/aromatic N) is 2. The Morgan fingerprint density at radius 2 is 1.69 bits per heavy atom. The predicted molar refractivity (Wildman–Crippen MR) is 111 cm³/mol. The summed E-state index contributed by atoms with van der Waals surface area (Å²) in [6, 6.07) is 14.0. The molecule has 1 atom stereocenters. The molecule has 3 aromatic rings. The zero-order valence-electron chi connectivity index (χ0n) is 16.8. The van der Waals surface area contributed by atoms with Crippen molar-refractivity contribution in [2.75, 3.05) is 0 Å². The summed E-state index contributed by atoms with van der Waals surface area (Å²) in [5, 5.41) is 5.03. The number of aryl methyl sites for hydroxylation is 2. The average molecular weight is 392 g/mol. The highest BCUT2D eigenvalue weighted by Gasteiger charge is 2.24. The first-order valence-electron chi connectivity index (χ1n) is 9.80. The third kappa shape index (κ3) is 4.26. The third-order valence-electron chi connectivity index (χ3n) is 4.80. The van der Waals surface area contributed by atoms with Crippen LogP contribution in [0, 0.1) is 0 Å². The number of ketones is 1. The van der Waals surface area contributed by atoms with Crippen LogP contribution >= 0.6 is 0 Å². The number of rotatable bonds is 7. The van der Waals surface area contributed by atoms with E-state index >= 15 is 0 Å². The van der Waals surface area contributed by atoms with E-state index in [1.54, 1.807) is 36.4 Å². The molecule has 2 aromatic carbocycles. The molecule has 29 heavy (non-hydrogen) atoms. The number of benzene rings is 2. The Bertz CT molecular complexity index is 1100. The van der Waals surface area contributed by atoms with Crippen molar-refractivity contribution < 1.29 is 14.3 Å². The average Bonchev–Trinajstić information content (AvgIpc) is 2.75. The molecule has 0 fully saturated rings. The molecule has 1 unspecified atom stereocenters. The van der Waals surface area contributed by atoms with Crippen molar-refractivity contribution in [1.82, 2.24) is 9.78 Å². The zero-order chi connectivity index (χ0) is 21.0. The summed E-state index contributed by atoms with van der Waals surface area (Å²) in [7, 11) is 0. The highest BCUT2D eigenvalue weighted by Crippen LogP contribution is 2.16. The van der Waals surface area contributed by atoms with Crippen LogP contribution in [0.3, 0.4) is 0 Å². The maximum absolute atomic E-state index is 12.8. The number of ether oxygens (including phenoxy) is 1. The van der Waals surface area contributed by atoms with E-state index in [4.69, 9.17) is 4.74 Å². The number of hydrogen-bond acceptors (Lipinski definition) is 5. The van der Waals surface area contributed by atoms with Gasteiger partial charge in [0.2, 0.25) is 5.78 Å². The number of carbonyl (C=O) groups excluding carboxylic acids is 2. The van der Waals surface area contributed by atoms with E-state index in [1.807, 2.05) is 26.0 Å². The minimum Gasteiger partial charge on any atom is -0.449 e. The van der Waals surface area contributed by atoms with Gasteiger partial charge in [-0.1, -0.05) is 56.3 Å². The second-order valence-electron chi connectivity index (χ2n) is 6.88. The molecule has 1 heterocycles. The summed E-state index contributed by atoms with van der Waals surface area (Å²) in [6.07, 6.45) is 0.607. The molecule has 6 nitrogen and oxygen atoms in total. The van der Waals surface area contributed by atoms with Gasteiger partial charge in [0, 0.05) is 17.5 Å². The normalized spacial score (nSPS) is 12.0. The molecule has 0 saturated heterocycles. The molecule has 0 bridgehead atoms. The van der Waals surface area contributed by atoms with Crippen LogP contribution in [-0.2, 0) is 17.7 Å². The number of hydrogen-bond donors (Lipinski definition) is 0. The monoisotopic (exact) mass is 392 g/mol. The smallest absolute Gasteiger partial charge is 0.360 e. The van der Waals surface area contributed by atoms with Gasteiger partial charge >= 0.3 is 5.97 Å². The van der Waals surface area contributed by atoms with Crippen LogP contribution < -0.4 is 5.56 Å². The van der Waals surface area contributed by atoms with E-state index in [-0.39, 0.29) is 17.0 Å². The molecule has 0 N–H and O–H groups in total. The molecule has 1 aromatic heterocycles. The lowest BCUT2D eigenvalue weighted by molar-refractivity contribution is 0.0313. The van der Waals surface area contributed by atoms with Crippen molar-refractivity contribution in [1.29, 1.82) is 0 Å². The number of carbonyl (C=O) groups is 2. The molecule has 0 aliphatic heterocycles. The molecule has 0 aliphatic rings. The molecular formula is C23H24N2O4. The van der Waals surface area contributed by atoms with E-state index < -0.39 is 12.1 Å². The van der Waals surface area contributed by atoms with Crippen LogP contribution in [0.2, 0.25) is 0 Å². The minimum atomic E-state index is -0.970. The van der Waals surface area contributed by atoms with Gasteiger partial charge in [-0.05, 0) is 31.4 Å². The summed E-state index contributed by atoms with van der Waals surface area (Å²) < 4.78 is 6.70. The molecular weight excluding hydrogens is 368 g/mol. The first kappa shape index (κ1) is 20.5. The Balaban J connectivity index is 1.89. The van der Waals surface area contributed by atoms with Gasteiger partial charge in [0.25, 0.3) is 5.56 Å². The highest BCUT2D eigenvalue weighted by molar-refractivity contribution is 6.05. The van der Waals surface area contributed by atoms with Gasteiger partial charge in [-0.25, -0.2) is 9.48 Å². The second kappa shape index (κ2) is 8.82.